The average Bonchev–Trinajstić information content (AvgIpc) is 2.79. The Morgan fingerprint density at radius 1 is 1.42 bits per heavy atom. The standard InChI is InChI=1S/C17H22N4O3/c1-12-16(13(2)24-20-12)8-17(22)21-5-6-23-10-14(9-21)7-15-3-4-18-11-19-15/h3-4,11,14H,5-10H2,1-2H3/t14-/m0/s1. The van der Waals surface area contributed by atoms with Crippen molar-refractivity contribution in [2.75, 3.05) is 26.3 Å². The second-order valence-electron chi connectivity index (χ2n) is 6.17. The molecule has 1 aliphatic rings. The van der Waals surface area contributed by atoms with Crippen LogP contribution in [0.5, 0.6) is 0 Å². The van der Waals surface area contributed by atoms with Gasteiger partial charge in [0.05, 0.1) is 25.3 Å². The van der Waals surface area contributed by atoms with Gasteiger partial charge in [-0.1, -0.05) is 5.16 Å². The van der Waals surface area contributed by atoms with Gasteiger partial charge in [-0.3, -0.25) is 4.79 Å². The fraction of sp³-hybridized carbons (Fsp3) is 0.529. The van der Waals surface area contributed by atoms with E-state index in [1.54, 1.807) is 12.5 Å². The maximum absolute atomic E-state index is 12.7. The predicted molar refractivity (Wildman–Crippen MR) is 86.3 cm³/mol. The monoisotopic (exact) mass is 330 g/mol. The highest BCUT2D eigenvalue weighted by Crippen LogP contribution is 2.17. The lowest BCUT2D eigenvalue weighted by Crippen LogP contribution is -2.37. The molecule has 1 amide bonds. The number of amides is 1. The molecule has 0 aliphatic carbocycles. The Morgan fingerprint density at radius 2 is 2.29 bits per heavy atom. The van der Waals surface area contributed by atoms with Gasteiger partial charge in [-0.15, -0.1) is 0 Å². The summed E-state index contributed by atoms with van der Waals surface area (Å²) in [5, 5.41) is 3.92. The third-order valence-electron chi connectivity index (χ3n) is 4.34. The maximum atomic E-state index is 12.7. The molecule has 1 saturated heterocycles. The first-order valence-corrected chi connectivity index (χ1v) is 8.15. The molecule has 0 saturated carbocycles. The minimum Gasteiger partial charge on any atom is -0.379 e. The molecule has 2 aromatic rings. The third-order valence-corrected chi connectivity index (χ3v) is 4.34. The minimum atomic E-state index is 0.0857. The Balaban J connectivity index is 1.65. The van der Waals surface area contributed by atoms with Crippen LogP contribution in [0, 0.1) is 19.8 Å². The molecule has 0 radical (unpaired) electrons. The van der Waals surface area contributed by atoms with Crippen LogP contribution in [-0.4, -0.2) is 52.2 Å². The van der Waals surface area contributed by atoms with E-state index in [9.17, 15) is 4.79 Å². The molecular formula is C17H22N4O3. The van der Waals surface area contributed by atoms with E-state index in [1.165, 1.54) is 0 Å². The number of hydrogen-bond donors (Lipinski definition) is 0. The highest BCUT2D eigenvalue weighted by atomic mass is 16.5. The predicted octanol–water partition coefficient (Wildman–Crippen LogP) is 1.34. The van der Waals surface area contributed by atoms with Gasteiger partial charge in [0.25, 0.3) is 0 Å². The number of aromatic nitrogens is 3. The molecule has 0 aromatic carbocycles. The first-order valence-electron chi connectivity index (χ1n) is 8.15. The zero-order chi connectivity index (χ0) is 16.9. The van der Waals surface area contributed by atoms with Crippen molar-refractivity contribution in [2.45, 2.75) is 26.7 Å². The Morgan fingerprint density at radius 3 is 3.00 bits per heavy atom. The molecule has 24 heavy (non-hydrogen) atoms. The molecule has 0 spiro atoms. The summed E-state index contributed by atoms with van der Waals surface area (Å²) >= 11 is 0. The number of carbonyl (C=O) groups is 1. The fourth-order valence-corrected chi connectivity index (χ4v) is 2.98. The Bertz CT molecular complexity index is 667. The van der Waals surface area contributed by atoms with E-state index in [-0.39, 0.29) is 11.8 Å². The summed E-state index contributed by atoms with van der Waals surface area (Å²) in [6.07, 6.45) is 4.38. The van der Waals surface area contributed by atoms with Crippen molar-refractivity contribution in [1.29, 1.82) is 0 Å². The smallest absolute Gasteiger partial charge is 0.227 e. The molecule has 3 rings (SSSR count). The van der Waals surface area contributed by atoms with Gasteiger partial charge in [-0.05, 0) is 26.3 Å². The van der Waals surface area contributed by atoms with E-state index in [2.05, 4.69) is 15.1 Å². The van der Waals surface area contributed by atoms with Crippen LogP contribution in [-0.2, 0) is 22.4 Å². The summed E-state index contributed by atoms with van der Waals surface area (Å²) in [7, 11) is 0. The van der Waals surface area contributed by atoms with E-state index in [4.69, 9.17) is 9.26 Å². The summed E-state index contributed by atoms with van der Waals surface area (Å²) in [6, 6.07) is 1.90. The zero-order valence-electron chi connectivity index (χ0n) is 14.1. The van der Waals surface area contributed by atoms with Gasteiger partial charge in [-0.2, -0.15) is 0 Å². The van der Waals surface area contributed by atoms with Crippen LogP contribution in [0.25, 0.3) is 0 Å². The Kier molecular flexibility index (Phi) is 5.20. The molecule has 7 heteroatoms. The number of carbonyl (C=O) groups excluding carboxylic acids is 1. The summed E-state index contributed by atoms with van der Waals surface area (Å²) < 4.78 is 10.8. The lowest BCUT2D eigenvalue weighted by atomic mass is 10.0. The normalized spacial score (nSPS) is 18.4. The quantitative estimate of drug-likeness (QED) is 0.841. The van der Waals surface area contributed by atoms with Crippen molar-refractivity contribution in [1.82, 2.24) is 20.0 Å². The first kappa shape index (κ1) is 16.6. The summed E-state index contributed by atoms with van der Waals surface area (Å²) in [4.78, 5) is 22.8. The number of aryl methyl sites for hydroxylation is 2. The molecule has 0 bridgehead atoms. The molecule has 7 nitrogen and oxygen atoms in total. The molecule has 0 unspecified atom stereocenters. The van der Waals surface area contributed by atoms with Crippen LogP contribution in [0.15, 0.2) is 23.1 Å². The van der Waals surface area contributed by atoms with Gasteiger partial charge in [-0.25, -0.2) is 9.97 Å². The van der Waals surface area contributed by atoms with Gasteiger partial charge >= 0.3 is 0 Å². The van der Waals surface area contributed by atoms with Gasteiger partial charge in [0, 0.05) is 36.5 Å². The van der Waals surface area contributed by atoms with Crippen molar-refractivity contribution in [3.05, 3.63) is 41.3 Å². The van der Waals surface area contributed by atoms with Crippen molar-refractivity contribution >= 4 is 5.91 Å². The van der Waals surface area contributed by atoms with Crippen molar-refractivity contribution < 1.29 is 14.1 Å². The van der Waals surface area contributed by atoms with Crippen LogP contribution in [0.3, 0.4) is 0 Å². The molecule has 3 heterocycles. The summed E-state index contributed by atoms with van der Waals surface area (Å²) in [5.74, 6) is 1.03. The average molecular weight is 330 g/mol. The van der Waals surface area contributed by atoms with E-state index < -0.39 is 0 Å². The first-order chi connectivity index (χ1) is 11.6. The zero-order valence-corrected chi connectivity index (χ0v) is 14.1. The van der Waals surface area contributed by atoms with Crippen LogP contribution in [0.2, 0.25) is 0 Å². The summed E-state index contributed by atoms with van der Waals surface area (Å²) in [6.45, 7) is 6.19. The lowest BCUT2D eigenvalue weighted by Gasteiger charge is -2.23. The molecule has 128 valence electrons. The second-order valence-corrected chi connectivity index (χ2v) is 6.17. The van der Waals surface area contributed by atoms with Crippen molar-refractivity contribution in [3.63, 3.8) is 0 Å². The molecule has 1 fully saturated rings. The molecule has 1 atom stereocenters. The SMILES string of the molecule is Cc1noc(C)c1CC(=O)N1CCOC[C@@H](Cc2ccncn2)C1. The molecule has 2 aromatic heterocycles. The number of nitrogens with zero attached hydrogens (tertiary/aromatic N) is 4. The van der Waals surface area contributed by atoms with Crippen LogP contribution >= 0.6 is 0 Å². The van der Waals surface area contributed by atoms with Crippen molar-refractivity contribution in [2.24, 2.45) is 5.92 Å². The Hall–Kier alpha value is -2.28. The molecule has 0 N–H and O–H groups in total. The van der Waals surface area contributed by atoms with E-state index >= 15 is 0 Å². The van der Waals surface area contributed by atoms with Crippen LogP contribution < -0.4 is 0 Å². The number of rotatable bonds is 4. The largest absolute Gasteiger partial charge is 0.379 e. The van der Waals surface area contributed by atoms with Crippen molar-refractivity contribution in [3.8, 4) is 0 Å². The van der Waals surface area contributed by atoms with E-state index in [0.29, 0.717) is 38.5 Å². The molecular weight excluding hydrogens is 308 g/mol. The van der Waals surface area contributed by atoms with Gasteiger partial charge < -0.3 is 14.2 Å². The highest BCUT2D eigenvalue weighted by Gasteiger charge is 2.24. The van der Waals surface area contributed by atoms with Gasteiger partial charge in [0.2, 0.25) is 5.91 Å². The van der Waals surface area contributed by atoms with Crippen LogP contribution in [0.1, 0.15) is 22.7 Å². The summed E-state index contributed by atoms with van der Waals surface area (Å²) in [5.41, 5.74) is 2.64. The highest BCUT2D eigenvalue weighted by molar-refractivity contribution is 5.79. The van der Waals surface area contributed by atoms with E-state index in [1.807, 2.05) is 24.8 Å². The lowest BCUT2D eigenvalue weighted by molar-refractivity contribution is -0.130. The fourth-order valence-electron chi connectivity index (χ4n) is 2.98. The van der Waals surface area contributed by atoms with Gasteiger partial charge in [0.1, 0.15) is 12.1 Å². The maximum Gasteiger partial charge on any atom is 0.227 e. The van der Waals surface area contributed by atoms with Crippen LogP contribution in [0.4, 0.5) is 0 Å². The van der Waals surface area contributed by atoms with Gasteiger partial charge in [0.15, 0.2) is 0 Å². The number of ether oxygens (including phenoxy) is 1. The molecule has 1 aliphatic heterocycles. The Labute approximate surface area is 141 Å². The third kappa shape index (κ3) is 3.97. The minimum absolute atomic E-state index is 0.0857. The topological polar surface area (TPSA) is 81.4 Å². The van der Waals surface area contributed by atoms with E-state index in [0.717, 1.165) is 23.4 Å². The number of hydrogen-bond acceptors (Lipinski definition) is 6. The second kappa shape index (κ2) is 7.53.